The van der Waals surface area contributed by atoms with Gasteiger partial charge >= 0.3 is 0 Å². The molecule has 0 amide bonds. The summed E-state index contributed by atoms with van der Waals surface area (Å²) < 4.78 is 11.1. The molecule has 1 radical (unpaired) electrons. The Morgan fingerprint density at radius 2 is 1.40 bits per heavy atom. The van der Waals surface area contributed by atoms with Crippen LogP contribution in [0.5, 0.6) is 0 Å². The smallest absolute Gasteiger partial charge is 0.157 e. The van der Waals surface area contributed by atoms with Crippen LogP contribution in [0.1, 0.15) is 55.6 Å². The molecule has 0 aliphatic carbocycles. The third-order valence-corrected chi connectivity index (χ3v) is 7.34. The van der Waals surface area contributed by atoms with Gasteiger partial charge in [-0.15, -0.1) is 0 Å². The van der Waals surface area contributed by atoms with Crippen LogP contribution in [-0.2, 0) is 48.8 Å². The number of ether oxygens (including phenoxy) is 2. The summed E-state index contributed by atoms with van der Waals surface area (Å²) in [5.41, 5.74) is 3.75. The number of anilines is 1. The van der Waals surface area contributed by atoms with Gasteiger partial charge in [-0.2, -0.15) is 5.06 Å². The summed E-state index contributed by atoms with van der Waals surface area (Å²) in [6.45, 7) is 5.55. The van der Waals surface area contributed by atoms with Gasteiger partial charge in [0.2, 0.25) is 0 Å². The Balaban J connectivity index is 0.000000325. The first-order valence-electron chi connectivity index (χ1n) is 12.9. The van der Waals surface area contributed by atoms with Gasteiger partial charge in [-0.05, 0) is 73.6 Å². The van der Waals surface area contributed by atoms with Crippen LogP contribution < -0.4 is 4.90 Å². The molecule has 3 aliphatic rings. The van der Waals surface area contributed by atoms with Crippen LogP contribution in [0.2, 0.25) is 0 Å². The molecule has 6 nitrogen and oxygen atoms in total. The van der Waals surface area contributed by atoms with E-state index in [1.807, 2.05) is 30.3 Å². The molecule has 5 rings (SSSR count). The first-order chi connectivity index (χ1) is 16.7. The molecule has 7 heteroatoms. The molecule has 0 spiro atoms. The first kappa shape index (κ1) is 28.7. The van der Waals surface area contributed by atoms with E-state index in [2.05, 4.69) is 29.2 Å². The fourth-order valence-electron chi connectivity index (χ4n) is 5.17. The zero-order chi connectivity index (χ0) is 23.6. The van der Waals surface area contributed by atoms with Gasteiger partial charge < -0.3 is 24.7 Å². The average molecular weight is 558 g/mol. The van der Waals surface area contributed by atoms with Gasteiger partial charge in [0, 0.05) is 64.6 Å². The number of aliphatic hydroxyl groups excluding tert-OH is 1. The predicted octanol–water partition coefficient (Wildman–Crippen LogP) is 4.80. The molecule has 35 heavy (non-hydrogen) atoms. The van der Waals surface area contributed by atoms with E-state index in [-0.39, 0.29) is 45.6 Å². The Morgan fingerprint density at radius 3 is 1.97 bits per heavy atom. The minimum absolute atomic E-state index is 0. The summed E-state index contributed by atoms with van der Waals surface area (Å²) in [6, 6.07) is 18.7. The van der Waals surface area contributed by atoms with Gasteiger partial charge in [0.1, 0.15) is 0 Å². The number of aliphatic hydroxyl groups is 1. The monoisotopic (exact) mass is 557 g/mol. The topological polar surface area (TPSA) is 65.4 Å². The number of hydrogen-bond donors (Lipinski definition) is 2. The summed E-state index contributed by atoms with van der Waals surface area (Å²) in [7, 11) is 0. The van der Waals surface area contributed by atoms with Gasteiger partial charge in [0.05, 0.1) is 19.8 Å². The largest absolute Gasteiger partial charge is 0.392 e. The second-order valence-electron chi connectivity index (χ2n) is 9.64. The Labute approximate surface area is 235 Å². The normalized spacial score (nSPS) is 20.2. The molecule has 3 fully saturated rings. The van der Waals surface area contributed by atoms with Crippen LogP contribution in [0.3, 0.4) is 0 Å². The average Bonchev–Trinajstić information content (AvgIpc) is 3.43. The van der Waals surface area contributed by atoms with Crippen molar-refractivity contribution >= 4 is 5.69 Å². The molecule has 3 heterocycles. The molecule has 2 aromatic carbocycles. The van der Waals surface area contributed by atoms with Crippen molar-refractivity contribution in [2.75, 3.05) is 44.3 Å². The standard InChI is InChI=1S/C21H32N2O3.C7H8O.Y/c24-23-13-9-19(10-14-23)18-2-4-20(5-3-18)22-11-7-17(8-12-22)1-6-21-25-15-16-26-21;8-6-7-4-2-1-3-5-7;/h2-5,17,19,21,24H,1,6-16H2;1-5,8H,6H2;. The fourth-order valence-corrected chi connectivity index (χ4v) is 5.17. The fraction of sp³-hybridized carbons (Fsp3) is 0.571. The molecule has 2 aromatic rings. The van der Waals surface area contributed by atoms with Crippen molar-refractivity contribution in [1.29, 1.82) is 0 Å². The Bertz CT molecular complexity index is 817. The van der Waals surface area contributed by atoms with Crippen molar-refractivity contribution in [1.82, 2.24) is 5.06 Å². The predicted molar refractivity (Wildman–Crippen MR) is 134 cm³/mol. The van der Waals surface area contributed by atoms with Crippen molar-refractivity contribution < 1.29 is 52.5 Å². The van der Waals surface area contributed by atoms with E-state index in [0.717, 1.165) is 70.1 Å². The maximum absolute atomic E-state index is 9.52. The Hall–Kier alpha value is -0.856. The van der Waals surface area contributed by atoms with E-state index in [0.29, 0.717) is 5.92 Å². The Kier molecular flexibility index (Phi) is 12.6. The van der Waals surface area contributed by atoms with Crippen LogP contribution in [-0.4, -0.2) is 61.1 Å². The molecule has 3 saturated heterocycles. The van der Waals surface area contributed by atoms with E-state index in [1.165, 1.54) is 35.6 Å². The van der Waals surface area contributed by atoms with Crippen molar-refractivity contribution in [3.05, 3.63) is 65.7 Å². The van der Waals surface area contributed by atoms with E-state index in [4.69, 9.17) is 14.6 Å². The van der Waals surface area contributed by atoms with Gasteiger partial charge in [-0.25, -0.2) is 0 Å². The molecular weight excluding hydrogens is 517 g/mol. The number of hydrogen-bond acceptors (Lipinski definition) is 6. The molecule has 0 atom stereocenters. The third kappa shape index (κ3) is 9.19. The van der Waals surface area contributed by atoms with Crippen molar-refractivity contribution in [3.8, 4) is 0 Å². The quantitative estimate of drug-likeness (QED) is 0.532. The number of piperidine rings is 2. The van der Waals surface area contributed by atoms with E-state index in [9.17, 15) is 5.21 Å². The molecule has 0 aromatic heterocycles. The molecule has 0 unspecified atom stereocenters. The second kappa shape index (κ2) is 15.4. The molecule has 3 aliphatic heterocycles. The van der Waals surface area contributed by atoms with Gasteiger partial charge in [0.15, 0.2) is 6.29 Å². The van der Waals surface area contributed by atoms with Gasteiger partial charge in [-0.3, -0.25) is 0 Å². The van der Waals surface area contributed by atoms with Crippen LogP contribution in [0.4, 0.5) is 5.69 Å². The molecule has 2 N–H and O–H groups in total. The number of benzene rings is 2. The van der Waals surface area contributed by atoms with E-state index < -0.39 is 0 Å². The maximum Gasteiger partial charge on any atom is 0.157 e. The van der Waals surface area contributed by atoms with Crippen LogP contribution >= 0.6 is 0 Å². The number of hydroxylamine groups is 2. The van der Waals surface area contributed by atoms with Crippen LogP contribution in [0.25, 0.3) is 0 Å². The molecule has 0 saturated carbocycles. The number of nitrogens with zero attached hydrogens (tertiary/aromatic N) is 2. The summed E-state index contributed by atoms with van der Waals surface area (Å²) >= 11 is 0. The molecule has 0 bridgehead atoms. The summed E-state index contributed by atoms with van der Waals surface area (Å²) in [5.74, 6) is 1.40. The van der Waals surface area contributed by atoms with Gasteiger partial charge in [-0.1, -0.05) is 42.5 Å². The van der Waals surface area contributed by atoms with Gasteiger partial charge in [0.25, 0.3) is 0 Å². The van der Waals surface area contributed by atoms with Crippen molar-refractivity contribution in [2.24, 2.45) is 5.92 Å². The van der Waals surface area contributed by atoms with Crippen molar-refractivity contribution in [3.63, 3.8) is 0 Å². The van der Waals surface area contributed by atoms with Crippen molar-refractivity contribution in [2.45, 2.75) is 57.3 Å². The van der Waals surface area contributed by atoms with Crippen LogP contribution in [0, 0.1) is 5.92 Å². The van der Waals surface area contributed by atoms with E-state index >= 15 is 0 Å². The summed E-state index contributed by atoms with van der Waals surface area (Å²) in [5, 5.41) is 19.5. The molecular formula is C28H40N2O4Y. The minimum atomic E-state index is 0. The SMILES string of the molecule is OCc1ccccc1.ON1CCC(c2ccc(N3CCC(CCC4OCCO4)CC3)cc2)CC1.[Y]. The number of rotatable bonds is 6. The minimum Gasteiger partial charge on any atom is -0.392 e. The maximum atomic E-state index is 9.52. The zero-order valence-electron chi connectivity index (χ0n) is 20.8. The first-order valence-corrected chi connectivity index (χ1v) is 12.9. The third-order valence-electron chi connectivity index (χ3n) is 7.34. The Morgan fingerprint density at radius 1 is 0.771 bits per heavy atom. The summed E-state index contributed by atoms with van der Waals surface area (Å²) in [6.07, 6.45) is 6.96. The zero-order valence-corrected chi connectivity index (χ0v) is 23.6. The van der Waals surface area contributed by atoms with Crippen LogP contribution in [0.15, 0.2) is 54.6 Å². The molecule has 189 valence electrons. The van der Waals surface area contributed by atoms with E-state index in [1.54, 1.807) is 0 Å². The summed E-state index contributed by atoms with van der Waals surface area (Å²) in [4.78, 5) is 2.53. The second-order valence-corrected chi connectivity index (χ2v) is 9.64.